The van der Waals surface area contributed by atoms with Crippen LogP contribution in [0.25, 0.3) is 0 Å². The minimum atomic E-state index is 0.0556. The first-order valence-corrected chi connectivity index (χ1v) is 5.64. The van der Waals surface area contributed by atoms with Gasteiger partial charge >= 0.3 is 28.5 Å². The summed E-state index contributed by atoms with van der Waals surface area (Å²) in [7, 11) is 0. The van der Waals surface area contributed by atoms with Crippen molar-refractivity contribution in [3.8, 4) is 0 Å². The van der Waals surface area contributed by atoms with Gasteiger partial charge < -0.3 is 10.2 Å². The minimum absolute atomic E-state index is 0.0556. The van der Waals surface area contributed by atoms with Gasteiger partial charge in [0.1, 0.15) is 0 Å². The number of hydrogen-bond acceptors (Lipinski definition) is 2. The summed E-state index contributed by atoms with van der Waals surface area (Å²) in [6.45, 7) is 9.84. The van der Waals surface area contributed by atoms with Crippen LogP contribution in [0.4, 0.5) is 0 Å². The molecule has 0 aliphatic heterocycles. The summed E-state index contributed by atoms with van der Waals surface area (Å²) in [5.41, 5.74) is 0. The van der Waals surface area contributed by atoms with E-state index < -0.39 is 0 Å². The molecule has 0 spiro atoms. The molecule has 78 valence electrons. The van der Waals surface area contributed by atoms with Gasteiger partial charge in [-0.15, -0.1) is 13.2 Å². The van der Waals surface area contributed by atoms with Crippen LogP contribution in [-0.4, -0.2) is 29.5 Å². The first kappa shape index (κ1) is 19.1. The van der Waals surface area contributed by atoms with E-state index in [0.29, 0.717) is 11.8 Å². The van der Waals surface area contributed by atoms with Crippen LogP contribution in [0.3, 0.4) is 0 Å². The van der Waals surface area contributed by atoms with Gasteiger partial charge in [-0.2, -0.15) is 0 Å². The molecule has 3 heteroatoms. The second-order valence-electron chi connectivity index (χ2n) is 3.53. The van der Waals surface area contributed by atoms with Gasteiger partial charge in [-0.1, -0.05) is 39.5 Å². The molecule has 0 bridgehead atoms. The zero-order valence-electron chi connectivity index (χ0n) is 9.67. The normalized spacial score (nSPS) is 8.85. The van der Waals surface area contributed by atoms with Crippen LogP contribution >= 0.6 is 0 Å². The molecule has 0 aromatic heterocycles. The van der Waals surface area contributed by atoms with Gasteiger partial charge in [-0.3, -0.25) is 0 Å². The van der Waals surface area contributed by atoms with Crippen LogP contribution in [0.1, 0.15) is 34.6 Å². The molecule has 0 rings (SSSR count). The summed E-state index contributed by atoms with van der Waals surface area (Å²) in [5, 5.41) is 20.4. The van der Waals surface area contributed by atoms with E-state index in [1.165, 1.54) is 5.28 Å². The molecule has 0 saturated carbocycles. The molecule has 0 unspecified atom stereocenters. The summed E-state index contributed by atoms with van der Waals surface area (Å²) in [5.74, 6) is 0.657. The molecule has 0 aliphatic rings. The van der Waals surface area contributed by atoms with Crippen LogP contribution < -0.4 is 10.2 Å². The maximum absolute atomic E-state index is 9.63. The molecule has 0 aromatic carbocycles. The Morgan fingerprint density at radius 1 is 0.923 bits per heavy atom. The van der Waals surface area contributed by atoms with Crippen LogP contribution in [-0.2, 0) is 0 Å². The molecule has 0 heterocycles. The van der Waals surface area contributed by atoms with Crippen molar-refractivity contribution < 1.29 is 10.2 Å². The predicted octanol–water partition coefficient (Wildman–Crippen LogP) is 0.599. The van der Waals surface area contributed by atoms with Crippen molar-refractivity contribution in [2.45, 2.75) is 39.9 Å². The van der Waals surface area contributed by atoms with E-state index in [2.05, 4.69) is 23.2 Å². The van der Waals surface area contributed by atoms with Gasteiger partial charge in [-0.05, 0) is 0 Å². The van der Waals surface area contributed by atoms with Gasteiger partial charge in [0.05, 0.1) is 0 Å². The Morgan fingerprint density at radius 3 is 1.00 bits per heavy atom. The van der Waals surface area contributed by atoms with E-state index in [4.69, 9.17) is 0 Å². The van der Waals surface area contributed by atoms with Gasteiger partial charge in [-0.25, -0.2) is 0 Å². The third kappa shape index (κ3) is 68.6. The van der Waals surface area contributed by atoms with Crippen molar-refractivity contribution in [2.24, 2.45) is 11.8 Å². The fraction of sp³-hybridized carbons (Fsp3) is 1.00. The van der Waals surface area contributed by atoms with E-state index in [-0.39, 0.29) is 13.2 Å². The Bertz CT molecular complexity index is 57.9. The van der Waals surface area contributed by atoms with Crippen LogP contribution in [0, 0.1) is 11.8 Å². The fourth-order valence-electron chi connectivity index (χ4n) is 0. The van der Waals surface area contributed by atoms with Gasteiger partial charge in [0.25, 0.3) is 0 Å². The van der Waals surface area contributed by atoms with Crippen molar-refractivity contribution >= 4 is 16.3 Å². The van der Waals surface area contributed by atoms with Crippen molar-refractivity contribution in [2.75, 3.05) is 13.2 Å². The third-order valence-electron chi connectivity index (χ3n) is 0.667. The second kappa shape index (κ2) is 18.3. The maximum atomic E-state index is 9.63. The van der Waals surface area contributed by atoms with Crippen molar-refractivity contribution in [3.05, 3.63) is 0 Å². The monoisotopic (exact) mass is 202 g/mol. The summed E-state index contributed by atoms with van der Waals surface area (Å²) >= 11 is 2.58. The average molecular weight is 202 g/mol. The molecule has 0 aromatic rings. The number of rotatable bonds is 2. The predicted molar refractivity (Wildman–Crippen MR) is 55.6 cm³/mol. The second-order valence-corrected chi connectivity index (χ2v) is 4.35. The molecule has 0 N–H and O–H groups in total. The molecule has 0 amide bonds. The summed E-state index contributed by atoms with van der Waals surface area (Å²) in [6.07, 6.45) is 0. The van der Waals surface area contributed by atoms with E-state index in [1.807, 2.05) is 27.7 Å². The Balaban J connectivity index is -0.000000120. The van der Waals surface area contributed by atoms with Crippen molar-refractivity contribution in [1.82, 2.24) is 0 Å². The van der Waals surface area contributed by atoms with E-state index in [1.54, 1.807) is 0 Å². The number of hydrogen-bond donors (Lipinski definition) is 0. The Hall–Kier alpha value is 0.452. The van der Waals surface area contributed by atoms with Crippen LogP contribution in [0.5, 0.6) is 0 Å². The first-order chi connectivity index (χ1) is 5.95. The van der Waals surface area contributed by atoms with Gasteiger partial charge in [0, 0.05) is 0 Å². The van der Waals surface area contributed by atoms with Crippen molar-refractivity contribution in [1.29, 1.82) is 0 Å². The molecule has 0 atom stereocenters. The molecule has 0 fully saturated rings. The zero-order chi connectivity index (χ0) is 11.3. The quantitative estimate of drug-likeness (QED) is 0.615. The van der Waals surface area contributed by atoms with E-state index >= 15 is 0 Å². The summed E-state index contributed by atoms with van der Waals surface area (Å²) in [4.78, 5) is 0. The zero-order valence-corrected chi connectivity index (χ0v) is 10.8. The first-order valence-electron chi connectivity index (χ1n) is 4.82. The Morgan fingerprint density at radius 2 is 1.00 bits per heavy atom. The molecular weight excluding hydrogens is 179 g/mol. The standard InChI is InChI=1S/2C4H9O.C2H5.Al/c2*1-4(2)3-5;1-2;/h2*4H,3H2,1-2H3;1H2,2H3;/q2*-1;;+2. The van der Waals surface area contributed by atoms with Crippen molar-refractivity contribution in [3.63, 3.8) is 0 Å². The molecule has 0 aliphatic carbocycles. The van der Waals surface area contributed by atoms with E-state index in [0.717, 1.165) is 0 Å². The fourth-order valence-corrected chi connectivity index (χ4v) is 0. The average Bonchev–Trinajstić information content (AvgIpc) is 2.07. The molecule has 0 saturated heterocycles. The Labute approximate surface area is 91.8 Å². The molecule has 0 radical (unpaired) electrons. The van der Waals surface area contributed by atoms with Gasteiger partial charge in [0.2, 0.25) is 0 Å². The van der Waals surface area contributed by atoms with Gasteiger partial charge in [0.15, 0.2) is 0 Å². The topological polar surface area (TPSA) is 46.1 Å². The van der Waals surface area contributed by atoms with Crippen LogP contribution in [0.2, 0.25) is 5.28 Å². The summed E-state index contributed by atoms with van der Waals surface area (Å²) < 4.78 is 0. The SMILES string of the molecule is CC(C)C[O-].CC(C)C[O-].C[CH2][Al+2]. The van der Waals surface area contributed by atoms with E-state index in [9.17, 15) is 10.2 Å². The third-order valence-corrected chi connectivity index (χ3v) is 0.667. The molecule has 2 nitrogen and oxygen atoms in total. The molecule has 13 heavy (non-hydrogen) atoms. The summed E-state index contributed by atoms with van der Waals surface area (Å²) in [6, 6.07) is 0. The molecular formula is C10H23AlO2. The Kier molecular flexibility index (Phi) is 26.8. The van der Waals surface area contributed by atoms with Crippen LogP contribution in [0.15, 0.2) is 0 Å².